The minimum atomic E-state index is -1.90. The number of aliphatic hydroxyl groups excluding tert-OH is 1. The Morgan fingerprint density at radius 1 is 0.477 bits per heavy atom. The van der Waals surface area contributed by atoms with E-state index in [1.165, 1.54) is 0 Å². The van der Waals surface area contributed by atoms with E-state index in [0.29, 0.717) is 0 Å². The maximum Gasteiger partial charge on any atom is 0.303 e. The predicted molar refractivity (Wildman–Crippen MR) is 135 cm³/mol. The fourth-order valence-corrected chi connectivity index (χ4v) is 4.49. The Kier molecular flexibility index (Phi) is 13.4. The van der Waals surface area contributed by atoms with Crippen LogP contribution >= 0.6 is 0 Å². The molecule has 18 nitrogen and oxygen atoms in total. The lowest BCUT2D eigenvalue weighted by Crippen LogP contribution is -2.67. The van der Waals surface area contributed by atoms with Gasteiger partial charge < -0.3 is 52.5 Å². The van der Waals surface area contributed by atoms with Gasteiger partial charge in [0.1, 0.15) is 31.5 Å². The van der Waals surface area contributed by atoms with Gasteiger partial charge in [-0.05, 0) is 0 Å². The van der Waals surface area contributed by atoms with Gasteiger partial charge in [-0.3, -0.25) is 33.6 Å². The van der Waals surface area contributed by atoms with Crippen molar-refractivity contribution in [2.75, 3.05) is 13.2 Å². The second-order valence-electron chi connectivity index (χ2n) is 9.68. The number of carbonyl (C=O) groups is 7. The summed E-state index contributed by atoms with van der Waals surface area (Å²) in [6, 6.07) is 0. The van der Waals surface area contributed by atoms with Gasteiger partial charge in [-0.15, -0.1) is 0 Å². The van der Waals surface area contributed by atoms with Crippen molar-refractivity contribution in [2.45, 2.75) is 110 Å². The highest BCUT2D eigenvalue weighted by Crippen LogP contribution is 2.34. The Hall–Kier alpha value is -3.87. The Balaban J connectivity index is 2.66. The highest BCUT2D eigenvalue weighted by atomic mass is 16.8. The summed E-state index contributed by atoms with van der Waals surface area (Å²) < 4.78 is 54.1. The molecule has 0 aromatic carbocycles. The van der Waals surface area contributed by atoms with E-state index in [9.17, 15) is 38.7 Å². The lowest BCUT2D eigenvalue weighted by molar-refractivity contribution is -0.357. The first-order valence-electron chi connectivity index (χ1n) is 13.3. The van der Waals surface area contributed by atoms with Gasteiger partial charge in [0.2, 0.25) is 0 Å². The summed E-state index contributed by atoms with van der Waals surface area (Å²) in [6.45, 7) is 6.11. The quantitative estimate of drug-likeness (QED) is 0.203. The largest absolute Gasteiger partial charge is 0.463 e. The van der Waals surface area contributed by atoms with Gasteiger partial charge in [0, 0.05) is 48.5 Å². The molecule has 44 heavy (non-hydrogen) atoms. The first-order valence-corrected chi connectivity index (χ1v) is 13.3. The first-order chi connectivity index (χ1) is 20.5. The van der Waals surface area contributed by atoms with Crippen molar-refractivity contribution in [3.8, 4) is 0 Å². The van der Waals surface area contributed by atoms with E-state index in [1.807, 2.05) is 0 Å². The molecular weight excluding hydrogens is 600 g/mol. The fourth-order valence-electron chi connectivity index (χ4n) is 4.49. The van der Waals surface area contributed by atoms with Crippen LogP contribution in [0, 0.1) is 0 Å². The van der Waals surface area contributed by atoms with Gasteiger partial charge in [-0.25, -0.2) is 0 Å². The van der Waals surface area contributed by atoms with Crippen LogP contribution in [0.4, 0.5) is 0 Å². The van der Waals surface area contributed by atoms with Crippen molar-refractivity contribution in [3.05, 3.63) is 0 Å². The molecule has 0 unspecified atom stereocenters. The Bertz CT molecular complexity index is 1090. The third kappa shape index (κ3) is 10.7. The van der Waals surface area contributed by atoms with E-state index in [-0.39, 0.29) is 0 Å². The Morgan fingerprint density at radius 3 is 1.27 bits per heavy atom. The number of hydrogen-bond donors (Lipinski definition) is 1. The minimum Gasteiger partial charge on any atom is -0.463 e. The summed E-state index contributed by atoms with van der Waals surface area (Å²) in [7, 11) is 0. The zero-order valence-corrected chi connectivity index (χ0v) is 25.1. The van der Waals surface area contributed by atoms with Gasteiger partial charge >= 0.3 is 41.8 Å². The van der Waals surface area contributed by atoms with Crippen LogP contribution in [0.1, 0.15) is 48.5 Å². The summed E-state index contributed by atoms with van der Waals surface area (Å²) >= 11 is 0. The van der Waals surface area contributed by atoms with Crippen molar-refractivity contribution < 1.29 is 86.0 Å². The smallest absolute Gasteiger partial charge is 0.303 e. The average molecular weight is 637 g/mol. The fraction of sp³-hybridized carbons (Fsp3) is 0.731. The van der Waals surface area contributed by atoms with Crippen molar-refractivity contribution in [1.29, 1.82) is 0 Å². The molecule has 2 rings (SSSR count). The number of rotatable bonds is 11. The normalized spacial score (nSPS) is 31.5. The lowest BCUT2D eigenvalue weighted by Gasteiger charge is -2.48. The van der Waals surface area contributed by atoms with Gasteiger partial charge in [0.05, 0.1) is 0 Å². The van der Waals surface area contributed by atoms with Crippen molar-refractivity contribution in [1.82, 2.24) is 0 Å². The summed E-state index contributed by atoms with van der Waals surface area (Å²) in [4.78, 5) is 83.5. The SMILES string of the molecule is CC(=O)OC[C@H]1O[C@@H](O)[C@H](OC(C)=O)[C@H](OC(C)=O)[C@@H]1O[C@@H]1O[C@H](COC(C)=O)[C@@H](OC(C)=O)[C@@H](OC(C)=O)[C@H]1OC(C)=O. The monoisotopic (exact) mass is 636 g/mol. The standard InChI is InChI=1S/C26H36O18/c1-10(27)35-8-17-20(21(38-13(4)30)23(25(34)42-17)40-15(6)32)44-26-24(41-16(7)33)22(39-14(5)31)19(37-12(3)29)18(43-26)9-36-11(2)28/h17-26,34H,8-9H2,1-7H3/t17-,18-,19-,20-,21-,22-,23-,24-,25-,26+/m1/s1. The van der Waals surface area contributed by atoms with Crippen LogP contribution in [0.2, 0.25) is 0 Å². The van der Waals surface area contributed by atoms with Crippen LogP contribution in [-0.2, 0) is 80.9 Å². The zero-order chi connectivity index (χ0) is 33.3. The number of esters is 7. The summed E-state index contributed by atoms with van der Waals surface area (Å²) in [5.41, 5.74) is 0. The molecule has 1 N–H and O–H groups in total. The van der Waals surface area contributed by atoms with Crippen molar-refractivity contribution in [2.24, 2.45) is 0 Å². The molecular formula is C26H36O18. The van der Waals surface area contributed by atoms with Gasteiger partial charge in [0.15, 0.2) is 43.1 Å². The van der Waals surface area contributed by atoms with E-state index < -0.39 is 116 Å². The number of carbonyl (C=O) groups excluding carboxylic acids is 7. The van der Waals surface area contributed by atoms with Crippen LogP contribution in [0.5, 0.6) is 0 Å². The Morgan fingerprint density at radius 2 is 0.841 bits per heavy atom. The van der Waals surface area contributed by atoms with E-state index in [0.717, 1.165) is 48.5 Å². The van der Waals surface area contributed by atoms with E-state index >= 15 is 0 Å². The van der Waals surface area contributed by atoms with Crippen molar-refractivity contribution in [3.63, 3.8) is 0 Å². The molecule has 0 radical (unpaired) electrons. The molecule has 248 valence electrons. The van der Waals surface area contributed by atoms with Crippen LogP contribution in [-0.4, -0.2) is 122 Å². The van der Waals surface area contributed by atoms with Gasteiger partial charge in [0.25, 0.3) is 0 Å². The molecule has 0 spiro atoms. The second kappa shape index (κ2) is 16.3. The molecule has 2 aliphatic rings. The molecule has 0 bridgehead atoms. The molecule has 0 aromatic rings. The Labute approximate surface area is 251 Å². The number of hydrogen-bond acceptors (Lipinski definition) is 18. The van der Waals surface area contributed by atoms with Crippen LogP contribution < -0.4 is 0 Å². The minimum absolute atomic E-state index is 0.572. The molecule has 2 heterocycles. The van der Waals surface area contributed by atoms with Gasteiger partial charge in [-0.2, -0.15) is 0 Å². The molecule has 10 atom stereocenters. The molecule has 2 fully saturated rings. The number of aliphatic hydroxyl groups is 1. The first kappa shape index (κ1) is 36.3. The molecule has 0 aromatic heterocycles. The topological polar surface area (TPSA) is 232 Å². The highest BCUT2D eigenvalue weighted by Gasteiger charge is 2.57. The maximum atomic E-state index is 12.2. The van der Waals surface area contributed by atoms with E-state index in [1.54, 1.807) is 0 Å². The molecule has 2 saturated heterocycles. The summed E-state index contributed by atoms with van der Waals surface area (Å²) in [5, 5.41) is 10.6. The predicted octanol–water partition coefficient (Wildman–Crippen LogP) is -1.40. The van der Waals surface area contributed by atoms with Crippen LogP contribution in [0.25, 0.3) is 0 Å². The molecule has 2 aliphatic heterocycles. The third-order valence-corrected chi connectivity index (χ3v) is 5.90. The highest BCUT2D eigenvalue weighted by molar-refractivity contribution is 5.69. The summed E-state index contributed by atoms with van der Waals surface area (Å²) in [6.07, 6.45) is -16.3. The second-order valence-corrected chi connectivity index (χ2v) is 9.68. The molecule has 18 heteroatoms. The third-order valence-electron chi connectivity index (χ3n) is 5.90. The average Bonchev–Trinajstić information content (AvgIpc) is 2.87. The molecule has 0 amide bonds. The maximum absolute atomic E-state index is 12.2. The molecule has 0 saturated carbocycles. The van der Waals surface area contributed by atoms with Crippen LogP contribution in [0.3, 0.4) is 0 Å². The van der Waals surface area contributed by atoms with Crippen molar-refractivity contribution >= 4 is 41.8 Å². The van der Waals surface area contributed by atoms with Crippen LogP contribution in [0.15, 0.2) is 0 Å². The lowest BCUT2D eigenvalue weighted by atomic mass is 9.96. The van der Waals surface area contributed by atoms with Gasteiger partial charge in [-0.1, -0.05) is 0 Å². The summed E-state index contributed by atoms with van der Waals surface area (Å²) in [5.74, 6) is -6.03. The van der Waals surface area contributed by atoms with E-state index in [2.05, 4.69) is 0 Å². The zero-order valence-electron chi connectivity index (χ0n) is 25.1. The van der Waals surface area contributed by atoms with E-state index in [4.69, 9.17) is 47.4 Å². The number of ether oxygens (including phenoxy) is 10. The molecule has 0 aliphatic carbocycles.